The fourth-order valence-corrected chi connectivity index (χ4v) is 0.531. The fraction of sp³-hybridized carbons (Fsp3) is 0.571. The summed E-state index contributed by atoms with van der Waals surface area (Å²) >= 11 is 0. The highest BCUT2D eigenvalue weighted by Gasteiger charge is 2.12. The minimum Gasteiger partial charge on any atom is -0.465 e. The summed E-state index contributed by atoms with van der Waals surface area (Å²) in [5, 5.41) is 10.3. The van der Waals surface area contributed by atoms with Crippen LogP contribution in [0.3, 0.4) is 0 Å². The molecule has 0 saturated heterocycles. The van der Waals surface area contributed by atoms with E-state index in [9.17, 15) is 9.59 Å². The highest BCUT2D eigenvalue weighted by atomic mass is 16.4. The van der Waals surface area contributed by atoms with Crippen LogP contribution < -0.4 is 5.32 Å². The van der Waals surface area contributed by atoms with E-state index in [-0.39, 0.29) is 0 Å². The summed E-state index contributed by atoms with van der Waals surface area (Å²) < 4.78 is 0. The molecule has 0 aromatic rings. The Morgan fingerprint density at radius 1 is 1.54 bits per heavy atom. The van der Waals surface area contributed by atoms with Crippen LogP contribution >= 0.6 is 0 Å². The third kappa shape index (κ3) is 5.66. The maximum atomic E-state index is 11.0. The first kappa shape index (κ1) is 11.4. The van der Waals surface area contributed by atoms with Crippen molar-refractivity contribution in [1.82, 2.24) is 10.2 Å². The van der Waals surface area contributed by atoms with E-state index in [1.165, 1.54) is 13.3 Å². The summed E-state index contributed by atoms with van der Waals surface area (Å²) in [6.07, 6.45) is 0.0865. The molecule has 6 heteroatoms. The first-order valence-electron chi connectivity index (χ1n) is 3.67. The monoisotopic (exact) mass is 187 g/mol. The number of amides is 2. The molecule has 0 rings (SSSR count). The molecule has 0 aliphatic heterocycles. The van der Waals surface area contributed by atoms with Crippen LogP contribution in [0.2, 0.25) is 0 Å². The van der Waals surface area contributed by atoms with Crippen LogP contribution in [0, 0.1) is 0 Å². The molecule has 0 fully saturated rings. The smallest absolute Gasteiger partial charge is 0.405 e. The van der Waals surface area contributed by atoms with Gasteiger partial charge in [-0.2, -0.15) is 0 Å². The van der Waals surface area contributed by atoms with Crippen LogP contribution in [0.1, 0.15) is 6.92 Å². The summed E-state index contributed by atoms with van der Waals surface area (Å²) in [6, 6.07) is -0.811. The van der Waals surface area contributed by atoms with Crippen LogP contribution in [0.4, 0.5) is 4.79 Å². The van der Waals surface area contributed by atoms with Gasteiger partial charge in [-0.15, -0.1) is 0 Å². The zero-order valence-corrected chi connectivity index (χ0v) is 7.81. The Balaban J connectivity index is 4.03. The molecule has 2 N–H and O–H groups in total. The standard InChI is InChI=1S/C7H13N3O3/c1-5(9-7(12)13)6(11)8-4-10(2)3/h4-5,9H,1-3H3,(H,12,13). The van der Waals surface area contributed by atoms with Crippen molar-refractivity contribution >= 4 is 18.3 Å². The summed E-state index contributed by atoms with van der Waals surface area (Å²) in [6.45, 7) is 1.43. The van der Waals surface area contributed by atoms with Gasteiger partial charge in [0.1, 0.15) is 6.04 Å². The number of hydrogen-bond acceptors (Lipinski definition) is 2. The molecule has 74 valence electrons. The summed E-state index contributed by atoms with van der Waals surface area (Å²) in [4.78, 5) is 26.3. The lowest BCUT2D eigenvalue weighted by molar-refractivity contribution is -0.119. The van der Waals surface area contributed by atoms with Crippen LogP contribution in [-0.2, 0) is 4.79 Å². The topological polar surface area (TPSA) is 82.0 Å². The molecule has 0 aromatic carbocycles. The molecule has 0 bridgehead atoms. The number of nitrogens with zero attached hydrogens (tertiary/aromatic N) is 2. The van der Waals surface area contributed by atoms with E-state index in [4.69, 9.17) is 5.11 Å². The van der Waals surface area contributed by atoms with Crippen molar-refractivity contribution < 1.29 is 14.7 Å². The molecule has 1 unspecified atom stereocenters. The second-order valence-electron chi connectivity index (χ2n) is 2.72. The van der Waals surface area contributed by atoms with Gasteiger partial charge in [-0.25, -0.2) is 9.79 Å². The molecule has 0 aromatic heterocycles. The van der Waals surface area contributed by atoms with Crippen molar-refractivity contribution in [1.29, 1.82) is 0 Å². The van der Waals surface area contributed by atoms with Crippen molar-refractivity contribution in [2.75, 3.05) is 14.1 Å². The van der Waals surface area contributed by atoms with E-state index in [1.54, 1.807) is 19.0 Å². The Hall–Kier alpha value is -1.59. The van der Waals surface area contributed by atoms with Gasteiger partial charge in [0, 0.05) is 14.1 Å². The normalized spacial score (nSPS) is 12.5. The third-order valence-electron chi connectivity index (χ3n) is 1.13. The van der Waals surface area contributed by atoms with E-state index in [2.05, 4.69) is 4.99 Å². The molecule has 1 atom stereocenters. The van der Waals surface area contributed by atoms with Gasteiger partial charge >= 0.3 is 6.09 Å². The Morgan fingerprint density at radius 3 is 2.46 bits per heavy atom. The summed E-state index contributed by atoms with van der Waals surface area (Å²) in [5.41, 5.74) is 0. The molecular formula is C7H13N3O3. The van der Waals surface area contributed by atoms with Gasteiger partial charge in [-0.1, -0.05) is 0 Å². The summed E-state index contributed by atoms with van der Waals surface area (Å²) in [5.74, 6) is -0.517. The molecule has 6 nitrogen and oxygen atoms in total. The minimum atomic E-state index is -1.24. The Labute approximate surface area is 76.3 Å². The van der Waals surface area contributed by atoms with E-state index >= 15 is 0 Å². The van der Waals surface area contributed by atoms with Crippen LogP contribution in [0.5, 0.6) is 0 Å². The molecular weight excluding hydrogens is 174 g/mol. The highest BCUT2D eigenvalue weighted by Crippen LogP contribution is 1.86. The summed E-state index contributed by atoms with van der Waals surface area (Å²) in [7, 11) is 3.43. The number of nitrogens with one attached hydrogen (secondary N) is 1. The maximum Gasteiger partial charge on any atom is 0.405 e. The molecule has 0 aliphatic carbocycles. The fourth-order valence-electron chi connectivity index (χ4n) is 0.531. The number of aliphatic imine (C=N–C) groups is 1. The predicted molar refractivity (Wildman–Crippen MR) is 47.8 cm³/mol. The van der Waals surface area contributed by atoms with E-state index in [0.717, 1.165) is 0 Å². The van der Waals surface area contributed by atoms with Crippen LogP contribution in [-0.4, -0.2) is 48.5 Å². The molecule has 0 spiro atoms. The Bertz CT molecular complexity index is 225. The van der Waals surface area contributed by atoms with Crippen LogP contribution in [0.15, 0.2) is 4.99 Å². The zero-order valence-electron chi connectivity index (χ0n) is 7.81. The lowest BCUT2D eigenvalue weighted by Crippen LogP contribution is -2.36. The average Bonchev–Trinajstić information content (AvgIpc) is 1.98. The van der Waals surface area contributed by atoms with Gasteiger partial charge in [-0.3, -0.25) is 4.79 Å². The van der Waals surface area contributed by atoms with Gasteiger partial charge in [0.2, 0.25) is 0 Å². The largest absolute Gasteiger partial charge is 0.465 e. The highest BCUT2D eigenvalue weighted by molar-refractivity contribution is 5.90. The number of carbonyl (C=O) groups excluding carboxylic acids is 1. The number of carboxylic acid groups (broad SMARTS) is 1. The van der Waals surface area contributed by atoms with Gasteiger partial charge in [-0.05, 0) is 6.92 Å². The SMILES string of the molecule is CC(NC(=O)O)C(=O)N=CN(C)C. The molecule has 0 aliphatic rings. The van der Waals surface area contributed by atoms with Crippen LogP contribution in [0.25, 0.3) is 0 Å². The Morgan fingerprint density at radius 2 is 2.08 bits per heavy atom. The first-order valence-corrected chi connectivity index (χ1v) is 3.67. The number of carbonyl (C=O) groups is 2. The van der Waals surface area contributed by atoms with Crippen molar-refractivity contribution in [2.45, 2.75) is 13.0 Å². The van der Waals surface area contributed by atoms with Crippen molar-refractivity contribution in [3.8, 4) is 0 Å². The minimum absolute atomic E-state index is 0.517. The van der Waals surface area contributed by atoms with E-state index in [1.807, 2.05) is 5.32 Å². The first-order chi connectivity index (χ1) is 5.93. The second-order valence-corrected chi connectivity index (χ2v) is 2.72. The number of rotatable bonds is 3. The average molecular weight is 187 g/mol. The lowest BCUT2D eigenvalue weighted by atomic mass is 10.3. The predicted octanol–water partition coefficient (Wildman–Crippen LogP) is -0.241. The quantitative estimate of drug-likeness (QED) is 0.472. The zero-order chi connectivity index (χ0) is 10.4. The van der Waals surface area contributed by atoms with E-state index in [0.29, 0.717) is 0 Å². The molecule has 0 heterocycles. The van der Waals surface area contributed by atoms with Crippen molar-refractivity contribution in [2.24, 2.45) is 4.99 Å². The van der Waals surface area contributed by atoms with Crippen molar-refractivity contribution in [3.63, 3.8) is 0 Å². The van der Waals surface area contributed by atoms with Gasteiger partial charge in [0.25, 0.3) is 5.91 Å². The molecule has 0 radical (unpaired) electrons. The maximum absolute atomic E-state index is 11.0. The Kier molecular flexibility index (Phi) is 4.50. The molecule has 2 amide bonds. The van der Waals surface area contributed by atoms with Gasteiger partial charge < -0.3 is 15.3 Å². The van der Waals surface area contributed by atoms with Gasteiger partial charge in [0.05, 0.1) is 6.34 Å². The second kappa shape index (κ2) is 5.13. The van der Waals surface area contributed by atoms with Gasteiger partial charge in [0.15, 0.2) is 0 Å². The van der Waals surface area contributed by atoms with E-state index < -0.39 is 18.0 Å². The molecule has 0 saturated carbocycles. The molecule has 13 heavy (non-hydrogen) atoms. The van der Waals surface area contributed by atoms with Crippen molar-refractivity contribution in [3.05, 3.63) is 0 Å². The number of hydrogen-bond donors (Lipinski definition) is 2. The lowest BCUT2D eigenvalue weighted by Gasteiger charge is -2.07. The third-order valence-corrected chi connectivity index (χ3v) is 1.13.